The minimum Gasteiger partial charge on any atom is -0.385 e. The topological polar surface area (TPSA) is 56.1 Å². The highest BCUT2D eigenvalue weighted by Gasteiger charge is 2.19. The van der Waals surface area contributed by atoms with Crippen molar-refractivity contribution in [2.75, 3.05) is 20.3 Å². The van der Waals surface area contributed by atoms with Crippen LogP contribution in [-0.4, -0.2) is 35.9 Å². The molecule has 0 saturated carbocycles. The molecule has 0 aliphatic rings. The number of nitrogens with zero attached hydrogens (tertiary/aromatic N) is 2. The van der Waals surface area contributed by atoms with Crippen molar-refractivity contribution in [3.05, 3.63) is 71.1 Å². The van der Waals surface area contributed by atoms with Crippen molar-refractivity contribution < 1.29 is 13.9 Å². The second kappa shape index (κ2) is 8.79. The van der Waals surface area contributed by atoms with Gasteiger partial charge in [0.25, 0.3) is 5.91 Å². The molecule has 7 heteroatoms. The summed E-state index contributed by atoms with van der Waals surface area (Å²) in [5.74, 6) is -0.707. The molecule has 0 fully saturated rings. The van der Waals surface area contributed by atoms with Crippen LogP contribution < -0.4 is 5.32 Å². The lowest BCUT2D eigenvalue weighted by Crippen LogP contribution is -2.27. The van der Waals surface area contributed by atoms with Crippen LogP contribution in [0.2, 0.25) is 5.02 Å². The van der Waals surface area contributed by atoms with Gasteiger partial charge in [0.2, 0.25) is 0 Å². The molecule has 3 aromatic rings. The second-order valence-electron chi connectivity index (χ2n) is 5.89. The average molecular weight is 388 g/mol. The SMILES string of the molecule is COCCCNC(=O)c1cc(-c2ccccc2F)nn1-c1cccc(Cl)c1. The van der Waals surface area contributed by atoms with Crippen molar-refractivity contribution in [2.45, 2.75) is 6.42 Å². The van der Waals surface area contributed by atoms with Gasteiger partial charge in [-0.1, -0.05) is 29.8 Å². The molecule has 27 heavy (non-hydrogen) atoms. The molecular weight excluding hydrogens is 369 g/mol. The first kappa shape index (κ1) is 19.1. The average Bonchev–Trinajstić information content (AvgIpc) is 3.11. The van der Waals surface area contributed by atoms with E-state index in [1.807, 2.05) is 0 Å². The Morgan fingerprint density at radius 2 is 2.04 bits per heavy atom. The number of nitrogens with one attached hydrogen (secondary N) is 1. The highest BCUT2D eigenvalue weighted by atomic mass is 35.5. The fourth-order valence-corrected chi connectivity index (χ4v) is 2.84. The molecule has 0 saturated heterocycles. The van der Waals surface area contributed by atoms with Crippen LogP contribution in [0.25, 0.3) is 16.9 Å². The predicted molar refractivity (Wildman–Crippen MR) is 103 cm³/mol. The van der Waals surface area contributed by atoms with E-state index < -0.39 is 5.82 Å². The zero-order valence-corrected chi connectivity index (χ0v) is 15.5. The van der Waals surface area contributed by atoms with Gasteiger partial charge in [-0.25, -0.2) is 9.07 Å². The van der Waals surface area contributed by atoms with Gasteiger partial charge in [0.1, 0.15) is 11.5 Å². The number of amides is 1. The smallest absolute Gasteiger partial charge is 0.270 e. The lowest BCUT2D eigenvalue weighted by Gasteiger charge is -2.08. The van der Waals surface area contributed by atoms with Gasteiger partial charge in [-0.05, 0) is 42.8 Å². The molecule has 2 aromatic carbocycles. The van der Waals surface area contributed by atoms with Crippen molar-refractivity contribution in [3.8, 4) is 16.9 Å². The molecule has 0 aliphatic heterocycles. The van der Waals surface area contributed by atoms with Gasteiger partial charge >= 0.3 is 0 Å². The van der Waals surface area contributed by atoms with Crippen LogP contribution in [-0.2, 0) is 4.74 Å². The highest BCUT2D eigenvalue weighted by Crippen LogP contribution is 2.25. The first-order valence-electron chi connectivity index (χ1n) is 8.48. The number of hydrogen-bond acceptors (Lipinski definition) is 3. The third kappa shape index (κ3) is 4.53. The Bertz CT molecular complexity index is 942. The Morgan fingerprint density at radius 3 is 2.78 bits per heavy atom. The standard InChI is InChI=1S/C20H19ClFN3O2/c1-27-11-5-10-23-20(26)19-13-18(16-8-2-3-9-17(16)22)24-25(19)15-7-4-6-14(21)12-15/h2-4,6-9,12-13H,5,10-11H2,1H3,(H,23,26). The Balaban J connectivity index is 1.99. The number of rotatable bonds is 7. The lowest BCUT2D eigenvalue weighted by atomic mass is 10.1. The first-order valence-corrected chi connectivity index (χ1v) is 8.86. The van der Waals surface area contributed by atoms with E-state index in [4.69, 9.17) is 16.3 Å². The number of hydrogen-bond donors (Lipinski definition) is 1. The minimum atomic E-state index is -0.403. The van der Waals surface area contributed by atoms with E-state index in [1.54, 1.807) is 55.6 Å². The van der Waals surface area contributed by atoms with Crippen LogP contribution in [0.1, 0.15) is 16.9 Å². The van der Waals surface area contributed by atoms with Crippen molar-refractivity contribution in [1.82, 2.24) is 15.1 Å². The number of carbonyl (C=O) groups excluding carboxylic acids is 1. The quantitative estimate of drug-likeness (QED) is 0.621. The van der Waals surface area contributed by atoms with E-state index in [0.717, 1.165) is 0 Å². The third-order valence-electron chi connectivity index (χ3n) is 3.96. The zero-order valence-electron chi connectivity index (χ0n) is 14.8. The summed E-state index contributed by atoms with van der Waals surface area (Å²) in [5, 5.41) is 7.80. The van der Waals surface area contributed by atoms with Gasteiger partial charge in [0.15, 0.2) is 0 Å². The van der Waals surface area contributed by atoms with Crippen LogP contribution in [0.3, 0.4) is 0 Å². The second-order valence-corrected chi connectivity index (χ2v) is 6.33. The molecule has 1 heterocycles. The number of halogens is 2. The number of ether oxygens (including phenoxy) is 1. The maximum Gasteiger partial charge on any atom is 0.270 e. The molecule has 0 radical (unpaired) electrons. The highest BCUT2D eigenvalue weighted by molar-refractivity contribution is 6.30. The van der Waals surface area contributed by atoms with Gasteiger partial charge in [-0.2, -0.15) is 5.10 Å². The molecule has 1 amide bonds. The van der Waals surface area contributed by atoms with Gasteiger partial charge in [-0.15, -0.1) is 0 Å². The first-order chi connectivity index (χ1) is 13.1. The van der Waals surface area contributed by atoms with Crippen molar-refractivity contribution in [3.63, 3.8) is 0 Å². The maximum atomic E-state index is 14.2. The molecule has 1 aromatic heterocycles. The monoisotopic (exact) mass is 387 g/mol. The molecule has 0 bridgehead atoms. The summed E-state index contributed by atoms with van der Waals surface area (Å²) in [4.78, 5) is 12.7. The fourth-order valence-electron chi connectivity index (χ4n) is 2.66. The summed E-state index contributed by atoms with van der Waals surface area (Å²) < 4.78 is 20.6. The Kier molecular flexibility index (Phi) is 6.21. The molecule has 0 aliphatic carbocycles. The third-order valence-corrected chi connectivity index (χ3v) is 4.19. The number of benzene rings is 2. The summed E-state index contributed by atoms with van der Waals surface area (Å²) in [5.41, 5.74) is 1.61. The summed E-state index contributed by atoms with van der Waals surface area (Å²) in [7, 11) is 1.61. The molecule has 0 unspecified atom stereocenters. The maximum absolute atomic E-state index is 14.2. The number of carbonyl (C=O) groups is 1. The lowest BCUT2D eigenvalue weighted by molar-refractivity contribution is 0.0941. The minimum absolute atomic E-state index is 0.299. The van der Waals surface area contributed by atoms with E-state index in [1.165, 1.54) is 10.7 Å². The predicted octanol–water partition coefficient (Wildman–Crippen LogP) is 4.10. The van der Waals surface area contributed by atoms with Crippen molar-refractivity contribution in [2.24, 2.45) is 0 Å². The molecule has 140 valence electrons. The van der Waals surface area contributed by atoms with Gasteiger partial charge in [0.05, 0.1) is 11.4 Å². The van der Waals surface area contributed by atoms with E-state index in [-0.39, 0.29) is 5.91 Å². The van der Waals surface area contributed by atoms with Gasteiger partial charge < -0.3 is 10.1 Å². The van der Waals surface area contributed by atoms with Crippen LogP contribution in [0, 0.1) is 5.82 Å². The summed E-state index contributed by atoms with van der Waals surface area (Å²) in [6.07, 6.45) is 0.688. The zero-order chi connectivity index (χ0) is 19.2. The molecule has 5 nitrogen and oxygen atoms in total. The van der Waals surface area contributed by atoms with Crippen LogP contribution in [0.15, 0.2) is 54.6 Å². The molecule has 0 spiro atoms. The van der Waals surface area contributed by atoms with E-state index in [0.29, 0.717) is 47.2 Å². The van der Waals surface area contributed by atoms with E-state index in [2.05, 4.69) is 10.4 Å². The Labute approximate surface area is 161 Å². The summed E-state index contributed by atoms with van der Waals surface area (Å²) in [6, 6.07) is 14.9. The Morgan fingerprint density at radius 1 is 1.22 bits per heavy atom. The van der Waals surface area contributed by atoms with Crippen molar-refractivity contribution >= 4 is 17.5 Å². The fraction of sp³-hybridized carbons (Fsp3) is 0.200. The normalized spacial score (nSPS) is 10.8. The van der Waals surface area contributed by atoms with E-state index >= 15 is 0 Å². The molecule has 3 rings (SSSR count). The van der Waals surface area contributed by atoms with E-state index in [9.17, 15) is 9.18 Å². The summed E-state index contributed by atoms with van der Waals surface area (Å²) >= 11 is 6.08. The molecule has 0 atom stereocenters. The van der Waals surface area contributed by atoms with Gasteiger partial charge in [-0.3, -0.25) is 4.79 Å². The summed E-state index contributed by atoms with van der Waals surface area (Å²) in [6.45, 7) is 1.01. The number of aromatic nitrogens is 2. The van der Waals surface area contributed by atoms with Gasteiger partial charge in [0, 0.05) is 30.8 Å². The number of methoxy groups -OCH3 is 1. The molecular formula is C20H19ClFN3O2. The largest absolute Gasteiger partial charge is 0.385 e. The van der Waals surface area contributed by atoms with Crippen LogP contribution in [0.4, 0.5) is 4.39 Å². The van der Waals surface area contributed by atoms with Crippen LogP contribution >= 0.6 is 11.6 Å². The Hall–Kier alpha value is -2.70. The van der Waals surface area contributed by atoms with Crippen LogP contribution in [0.5, 0.6) is 0 Å². The molecule has 1 N–H and O–H groups in total. The van der Waals surface area contributed by atoms with Crippen molar-refractivity contribution in [1.29, 1.82) is 0 Å².